The third-order valence-electron chi connectivity index (χ3n) is 4.97. The molecular weight excluding hydrogens is 262 g/mol. The molecule has 0 aromatic carbocycles. The van der Waals surface area contributed by atoms with Crippen LogP contribution in [0.3, 0.4) is 0 Å². The molecule has 2 atom stereocenters. The van der Waals surface area contributed by atoms with Gasteiger partial charge in [0.05, 0.1) is 11.6 Å². The Balaban J connectivity index is 2.28. The van der Waals surface area contributed by atoms with Crippen molar-refractivity contribution in [1.29, 1.82) is 0 Å². The number of hydrogen-bond donors (Lipinski definition) is 0. The highest BCUT2D eigenvalue weighted by atomic mass is 16.2. The number of aryl methyl sites for hydroxylation is 2. The van der Waals surface area contributed by atoms with Crippen molar-refractivity contribution in [2.24, 2.45) is 13.0 Å². The Morgan fingerprint density at radius 3 is 2.19 bits per heavy atom. The maximum Gasteiger partial charge on any atom is 0.230 e. The van der Waals surface area contributed by atoms with Crippen molar-refractivity contribution < 1.29 is 4.79 Å². The molecule has 4 heteroatoms. The lowest BCUT2D eigenvalue weighted by Gasteiger charge is -2.34. The topological polar surface area (TPSA) is 38.1 Å². The molecule has 0 aliphatic heterocycles. The monoisotopic (exact) mass is 291 g/mol. The quantitative estimate of drug-likeness (QED) is 0.835. The predicted molar refractivity (Wildman–Crippen MR) is 85.3 cm³/mol. The van der Waals surface area contributed by atoms with Crippen molar-refractivity contribution in [3.05, 3.63) is 17.0 Å². The normalized spacial score (nSPS) is 17.9. The lowest BCUT2D eigenvalue weighted by molar-refractivity contribution is -0.136. The van der Waals surface area contributed by atoms with Gasteiger partial charge in [-0.2, -0.15) is 5.10 Å². The maximum atomic E-state index is 13.1. The van der Waals surface area contributed by atoms with Crippen LogP contribution in [0.4, 0.5) is 0 Å². The minimum Gasteiger partial charge on any atom is -0.336 e. The highest BCUT2D eigenvalue weighted by Gasteiger charge is 2.39. The third-order valence-corrected chi connectivity index (χ3v) is 4.97. The molecule has 4 nitrogen and oxygen atoms in total. The van der Waals surface area contributed by atoms with Gasteiger partial charge in [0, 0.05) is 30.4 Å². The molecule has 0 N–H and O–H groups in total. The summed E-state index contributed by atoms with van der Waals surface area (Å²) in [7, 11) is 1.94. The number of hydrogen-bond acceptors (Lipinski definition) is 2. The molecule has 118 valence electrons. The van der Waals surface area contributed by atoms with E-state index in [1.54, 1.807) is 0 Å². The van der Waals surface area contributed by atoms with E-state index in [4.69, 9.17) is 0 Å². The van der Waals surface area contributed by atoms with Crippen molar-refractivity contribution in [3.63, 3.8) is 0 Å². The lowest BCUT2D eigenvalue weighted by Crippen LogP contribution is -2.45. The van der Waals surface area contributed by atoms with Gasteiger partial charge in [-0.15, -0.1) is 0 Å². The molecule has 1 aromatic rings. The number of carbonyl (C=O) groups is 1. The predicted octanol–water partition coefficient (Wildman–Crippen LogP) is 3.18. The Bertz CT molecular complexity index is 528. The number of amides is 1. The van der Waals surface area contributed by atoms with Gasteiger partial charge in [-0.25, -0.2) is 0 Å². The molecular formula is C17H29N3O. The van der Waals surface area contributed by atoms with Gasteiger partial charge in [0.2, 0.25) is 5.91 Å². The molecule has 1 saturated carbocycles. The molecule has 1 amide bonds. The van der Waals surface area contributed by atoms with Crippen LogP contribution in [0.5, 0.6) is 0 Å². The van der Waals surface area contributed by atoms with Crippen molar-refractivity contribution in [2.75, 3.05) is 0 Å². The van der Waals surface area contributed by atoms with Crippen LogP contribution in [0.1, 0.15) is 63.4 Å². The summed E-state index contributed by atoms with van der Waals surface area (Å²) in [6, 6.07) is 0.749. The van der Waals surface area contributed by atoms with Gasteiger partial charge >= 0.3 is 0 Å². The Hall–Kier alpha value is -1.32. The highest BCUT2D eigenvalue weighted by Crippen LogP contribution is 2.34. The molecule has 21 heavy (non-hydrogen) atoms. The smallest absolute Gasteiger partial charge is 0.230 e. The summed E-state index contributed by atoms with van der Waals surface area (Å²) in [5.74, 6) is 0.635. The first-order chi connectivity index (χ1) is 9.75. The zero-order valence-corrected chi connectivity index (χ0v) is 14.5. The highest BCUT2D eigenvalue weighted by molar-refractivity contribution is 5.84. The molecule has 1 aliphatic carbocycles. The molecule has 0 bridgehead atoms. The van der Waals surface area contributed by atoms with E-state index in [9.17, 15) is 4.79 Å². The molecule has 1 fully saturated rings. The molecule has 0 radical (unpaired) electrons. The SMILES string of the molecule is Cc1nn(C)c(C)c1[C@@H](C)C(=O)N(C1CC1)[C@@H](C)C(C)C. The van der Waals surface area contributed by atoms with Crippen LogP contribution in [-0.4, -0.2) is 32.7 Å². The van der Waals surface area contributed by atoms with Crippen LogP contribution in [0.2, 0.25) is 0 Å². The zero-order chi connectivity index (χ0) is 15.9. The summed E-state index contributed by atoms with van der Waals surface area (Å²) < 4.78 is 1.88. The van der Waals surface area contributed by atoms with Gasteiger partial charge in [-0.3, -0.25) is 9.48 Å². The third kappa shape index (κ3) is 2.99. The first kappa shape index (κ1) is 16.1. The molecule has 0 unspecified atom stereocenters. The first-order valence-electron chi connectivity index (χ1n) is 8.08. The van der Waals surface area contributed by atoms with Gasteiger partial charge in [0.25, 0.3) is 0 Å². The fraction of sp³-hybridized carbons (Fsp3) is 0.765. The summed E-state index contributed by atoms with van der Waals surface area (Å²) >= 11 is 0. The molecule has 1 aliphatic rings. The standard InChI is InChI=1S/C17H29N3O/c1-10(2)13(5)20(15-8-9-15)17(21)11(3)16-12(4)18-19(7)14(16)6/h10-11,13,15H,8-9H2,1-7H3/t11-,13+/m1/s1. The Labute approximate surface area is 128 Å². The van der Waals surface area contributed by atoms with Crippen LogP contribution < -0.4 is 0 Å². The van der Waals surface area contributed by atoms with Crippen molar-refractivity contribution >= 4 is 5.91 Å². The number of aromatic nitrogens is 2. The number of carbonyl (C=O) groups excluding carboxylic acids is 1. The summed E-state index contributed by atoms with van der Waals surface area (Å²) in [6.07, 6.45) is 2.31. The molecule has 0 saturated heterocycles. The second-order valence-corrected chi connectivity index (χ2v) is 6.89. The van der Waals surface area contributed by atoms with E-state index in [1.165, 1.54) is 0 Å². The minimum absolute atomic E-state index is 0.111. The van der Waals surface area contributed by atoms with Gasteiger partial charge in [-0.1, -0.05) is 13.8 Å². The first-order valence-corrected chi connectivity index (χ1v) is 8.08. The Morgan fingerprint density at radius 2 is 1.81 bits per heavy atom. The van der Waals surface area contributed by atoms with E-state index >= 15 is 0 Å². The van der Waals surface area contributed by atoms with Crippen LogP contribution in [-0.2, 0) is 11.8 Å². The summed E-state index contributed by atoms with van der Waals surface area (Å²) in [5, 5.41) is 4.46. The maximum absolute atomic E-state index is 13.1. The summed E-state index contributed by atoms with van der Waals surface area (Å²) in [6.45, 7) is 12.6. The Morgan fingerprint density at radius 1 is 1.24 bits per heavy atom. The van der Waals surface area contributed by atoms with Gasteiger partial charge in [0.1, 0.15) is 0 Å². The minimum atomic E-state index is -0.111. The molecule has 2 rings (SSSR count). The van der Waals surface area contributed by atoms with Crippen molar-refractivity contribution in [1.82, 2.24) is 14.7 Å². The van der Waals surface area contributed by atoms with E-state index in [0.29, 0.717) is 18.0 Å². The van der Waals surface area contributed by atoms with E-state index in [-0.39, 0.29) is 11.8 Å². The largest absolute Gasteiger partial charge is 0.336 e. The molecule has 0 spiro atoms. The van der Waals surface area contributed by atoms with E-state index in [1.807, 2.05) is 32.5 Å². The fourth-order valence-corrected chi connectivity index (χ4v) is 3.15. The van der Waals surface area contributed by atoms with Crippen LogP contribution in [0.15, 0.2) is 0 Å². The number of nitrogens with zero attached hydrogens (tertiary/aromatic N) is 3. The van der Waals surface area contributed by atoms with Gasteiger partial charge in [0.15, 0.2) is 0 Å². The van der Waals surface area contributed by atoms with Crippen LogP contribution in [0.25, 0.3) is 0 Å². The molecule has 1 aromatic heterocycles. The average Bonchev–Trinajstić information content (AvgIpc) is 3.18. The van der Waals surface area contributed by atoms with Crippen LogP contribution >= 0.6 is 0 Å². The number of rotatable bonds is 5. The van der Waals surface area contributed by atoms with Gasteiger partial charge in [-0.05, 0) is 46.5 Å². The van der Waals surface area contributed by atoms with Crippen molar-refractivity contribution in [3.8, 4) is 0 Å². The zero-order valence-electron chi connectivity index (χ0n) is 14.5. The van der Waals surface area contributed by atoms with E-state index in [2.05, 4.69) is 30.8 Å². The summed E-state index contributed by atoms with van der Waals surface area (Å²) in [4.78, 5) is 15.2. The molecule has 1 heterocycles. The lowest BCUT2D eigenvalue weighted by atomic mass is 9.95. The van der Waals surface area contributed by atoms with Crippen LogP contribution in [0, 0.1) is 19.8 Å². The Kier molecular flexibility index (Phi) is 4.45. The second-order valence-electron chi connectivity index (χ2n) is 6.89. The van der Waals surface area contributed by atoms with Gasteiger partial charge < -0.3 is 4.90 Å². The second kappa shape index (κ2) is 5.82. The fourth-order valence-electron chi connectivity index (χ4n) is 3.15. The van der Waals surface area contributed by atoms with E-state index in [0.717, 1.165) is 29.8 Å². The van der Waals surface area contributed by atoms with E-state index < -0.39 is 0 Å². The summed E-state index contributed by atoms with van der Waals surface area (Å²) in [5.41, 5.74) is 3.18. The average molecular weight is 291 g/mol. The van der Waals surface area contributed by atoms with Crippen molar-refractivity contribution in [2.45, 2.75) is 72.4 Å².